The fraction of sp³-hybridized carbons (Fsp3) is 0.188. The third-order valence-corrected chi connectivity index (χ3v) is 3.50. The van der Waals surface area contributed by atoms with E-state index in [-0.39, 0.29) is 12.5 Å². The van der Waals surface area contributed by atoms with Crippen LogP contribution in [0.3, 0.4) is 0 Å². The minimum atomic E-state index is -0.579. The van der Waals surface area contributed by atoms with Crippen molar-refractivity contribution in [1.29, 1.82) is 0 Å². The smallest absolute Gasteiger partial charge is 0.331 e. The van der Waals surface area contributed by atoms with Gasteiger partial charge in [0, 0.05) is 17.1 Å². The SMILES string of the molecule is Cc1ccc(NC(=O)COC(=O)/C=C/c2csc(C)n2)cc1. The molecule has 0 saturated heterocycles. The van der Waals surface area contributed by atoms with E-state index in [1.54, 1.807) is 18.2 Å². The fourth-order valence-corrected chi connectivity index (χ4v) is 2.21. The number of carbonyl (C=O) groups excluding carboxylic acids is 2. The molecule has 22 heavy (non-hydrogen) atoms. The molecule has 1 N–H and O–H groups in total. The molecular formula is C16H16N2O3S. The highest BCUT2D eigenvalue weighted by atomic mass is 32.1. The molecule has 114 valence electrons. The molecule has 2 aromatic rings. The summed E-state index contributed by atoms with van der Waals surface area (Å²) in [7, 11) is 0. The molecular weight excluding hydrogens is 300 g/mol. The van der Waals surface area contributed by atoms with E-state index < -0.39 is 5.97 Å². The van der Waals surface area contributed by atoms with Gasteiger partial charge in [-0.05, 0) is 32.1 Å². The Morgan fingerprint density at radius 1 is 1.27 bits per heavy atom. The van der Waals surface area contributed by atoms with E-state index in [1.165, 1.54) is 17.4 Å². The Kier molecular flexibility index (Phi) is 5.43. The van der Waals surface area contributed by atoms with Crippen LogP contribution >= 0.6 is 11.3 Å². The van der Waals surface area contributed by atoms with Gasteiger partial charge in [-0.2, -0.15) is 0 Å². The van der Waals surface area contributed by atoms with Gasteiger partial charge in [-0.3, -0.25) is 4.79 Å². The van der Waals surface area contributed by atoms with Crippen molar-refractivity contribution in [2.75, 3.05) is 11.9 Å². The summed E-state index contributed by atoms with van der Waals surface area (Å²) in [6, 6.07) is 7.36. The number of amides is 1. The van der Waals surface area contributed by atoms with Gasteiger partial charge in [0.2, 0.25) is 0 Å². The number of aromatic nitrogens is 1. The van der Waals surface area contributed by atoms with Crippen molar-refractivity contribution in [2.45, 2.75) is 13.8 Å². The third kappa shape index (κ3) is 5.14. The Bertz CT molecular complexity index is 690. The zero-order valence-corrected chi connectivity index (χ0v) is 13.1. The maximum absolute atomic E-state index is 11.7. The van der Waals surface area contributed by atoms with E-state index in [0.29, 0.717) is 11.4 Å². The van der Waals surface area contributed by atoms with Crippen LogP contribution in [0.25, 0.3) is 6.08 Å². The van der Waals surface area contributed by atoms with Crippen molar-refractivity contribution in [3.63, 3.8) is 0 Å². The zero-order valence-electron chi connectivity index (χ0n) is 12.3. The van der Waals surface area contributed by atoms with Gasteiger partial charge >= 0.3 is 5.97 Å². The summed E-state index contributed by atoms with van der Waals surface area (Å²) in [4.78, 5) is 27.4. The van der Waals surface area contributed by atoms with Gasteiger partial charge < -0.3 is 10.1 Å². The summed E-state index contributed by atoms with van der Waals surface area (Å²) in [5.41, 5.74) is 2.47. The molecule has 2 rings (SSSR count). The maximum atomic E-state index is 11.7. The standard InChI is InChI=1S/C16H16N2O3S/c1-11-3-5-13(6-4-11)18-15(19)9-21-16(20)8-7-14-10-22-12(2)17-14/h3-8,10H,9H2,1-2H3,(H,18,19)/b8-7+. The van der Waals surface area contributed by atoms with Crippen LogP contribution in [0.2, 0.25) is 0 Å². The molecule has 0 radical (unpaired) electrons. The number of hydrogen-bond donors (Lipinski definition) is 1. The van der Waals surface area contributed by atoms with Gasteiger partial charge in [-0.25, -0.2) is 9.78 Å². The molecule has 1 aromatic heterocycles. The van der Waals surface area contributed by atoms with E-state index in [2.05, 4.69) is 10.3 Å². The van der Waals surface area contributed by atoms with Crippen LogP contribution in [-0.2, 0) is 14.3 Å². The number of ether oxygens (including phenoxy) is 1. The number of esters is 1. The first-order chi connectivity index (χ1) is 10.5. The molecule has 1 aromatic carbocycles. The average molecular weight is 316 g/mol. The molecule has 1 heterocycles. The summed E-state index contributed by atoms with van der Waals surface area (Å²) < 4.78 is 4.87. The summed E-state index contributed by atoms with van der Waals surface area (Å²) in [5.74, 6) is -0.959. The highest BCUT2D eigenvalue weighted by Gasteiger charge is 2.05. The molecule has 0 fully saturated rings. The highest BCUT2D eigenvalue weighted by molar-refractivity contribution is 7.09. The molecule has 0 atom stereocenters. The van der Waals surface area contributed by atoms with Gasteiger partial charge in [-0.15, -0.1) is 11.3 Å². The maximum Gasteiger partial charge on any atom is 0.331 e. The lowest BCUT2D eigenvalue weighted by atomic mass is 10.2. The molecule has 0 bridgehead atoms. The Balaban J connectivity index is 1.77. The largest absolute Gasteiger partial charge is 0.452 e. The lowest BCUT2D eigenvalue weighted by Gasteiger charge is -2.05. The van der Waals surface area contributed by atoms with E-state index >= 15 is 0 Å². The molecule has 1 amide bonds. The third-order valence-electron chi connectivity index (χ3n) is 2.71. The molecule has 0 aliphatic rings. The van der Waals surface area contributed by atoms with Crippen molar-refractivity contribution < 1.29 is 14.3 Å². The van der Waals surface area contributed by atoms with Gasteiger partial charge in [0.15, 0.2) is 6.61 Å². The summed E-state index contributed by atoms with van der Waals surface area (Å²) in [6.07, 6.45) is 2.82. The van der Waals surface area contributed by atoms with Crippen LogP contribution in [-0.4, -0.2) is 23.5 Å². The molecule has 0 saturated carbocycles. The predicted molar refractivity (Wildman–Crippen MR) is 86.7 cm³/mol. The van der Waals surface area contributed by atoms with Crippen molar-refractivity contribution in [3.05, 3.63) is 52.0 Å². The average Bonchev–Trinajstić information content (AvgIpc) is 2.91. The number of carbonyl (C=O) groups is 2. The summed E-state index contributed by atoms with van der Waals surface area (Å²) in [6.45, 7) is 3.52. The van der Waals surface area contributed by atoms with Crippen LogP contribution in [0.4, 0.5) is 5.69 Å². The first-order valence-corrected chi connectivity index (χ1v) is 7.54. The number of nitrogens with zero attached hydrogens (tertiary/aromatic N) is 1. The zero-order chi connectivity index (χ0) is 15.9. The number of nitrogens with one attached hydrogen (secondary N) is 1. The second-order valence-electron chi connectivity index (χ2n) is 4.65. The summed E-state index contributed by atoms with van der Waals surface area (Å²) in [5, 5.41) is 5.41. The molecule has 0 unspecified atom stereocenters. The monoisotopic (exact) mass is 316 g/mol. The molecule has 6 heteroatoms. The van der Waals surface area contributed by atoms with Crippen molar-refractivity contribution in [2.24, 2.45) is 0 Å². The normalized spacial score (nSPS) is 10.6. The van der Waals surface area contributed by atoms with E-state index in [9.17, 15) is 9.59 Å². The number of benzene rings is 1. The van der Waals surface area contributed by atoms with Crippen LogP contribution in [0, 0.1) is 13.8 Å². The lowest BCUT2D eigenvalue weighted by Crippen LogP contribution is -2.20. The second-order valence-corrected chi connectivity index (χ2v) is 5.71. The second kappa shape index (κ2) is 7.51. The van der Waals surface area contributed by atoms with Crippen molar-refractivity contribution in [1.82, 2.24) is 4.98 Å². The number of rotatable bonds is 5. The Hall–Kier alpha value is -2.47. The van der Waals surface area contributed by atoms with Crippen molar-refractivity contribution >= 4 is 35.0 Å². The lowest BCUT2D eigenvalue weighted by molar-refractivity contribution is -0.142. The summed E-state index contributed by atoms with van der Waals surface area (Å²) >= 11 is 1.50. The number of aryl methyl sites for hydroxylation is 2. The van der Waals surface area contributed by atoms with Crippen LogP contribution in [0.15, 0.2) is 35.7 Å². The molecule has 5 nitrogen and oxygen atoms in total. The van der Waals surface area contributed by atoms with Crippen LogP contribution < -0.4 is 5.32 Å². The predicted octanol–water partition coefficient (Wildman–Crippen LogP) is 2.96. The first-order valence-electron chi connectivity index (χ1n) is 6.66. The Morgan fingerprint density at radius 2 is 2.00 bits per heavy atom. The highest BCUT2D eigenvalue weighted by Crippen LogP contribution is 2.10. The van der Waals surface area contributed by atoms with E-state index in [4.69, 9.17) is 4.74 Å². The number of thiazole rings is 1. The van der Waals surface area contributed by atoms with E-state index in [0.717, 1.165) is 10.6 Å². The van der Waals surface area contributed by atoms with Gasteiger partial charge in [-0.1, -0.05) is 17.7 Å². The fourth-order valence-electron chi connectivity index (χ4n) is 1.63. The number of anilines is 1. The van der Waals surface area contributed by atoms with Gasteiger partial charge in [0.25, 0.3) is 5.91 Å². The molecule has 0 aliphatic heterocycles. The first kappa shape index (κ1) is 15.9. The molecule has 0 aliphatic carbocycles. The van der Waals surface area contributed by atoms with Crippen molar-refractivity contribution in [3.8, 4) is 0 Å². The molecule has 0 spiro atoms. The Morgan fingerprint density at radius 3 is 2.64 bits per heavy atom. The Labute approximate surface area is 132 Å². The van der Waals surface area contributed by atoms with Gasteiger partial charge in [0.1, 0.15) is 0 Å². The van der Waals surface area contributed by atoms with E-state index in [1.807, 2.05) is 31.4 Å². The minimum absolute atomic E-state index is 0.326. The topological polar surface area (TPSA) is 68.3 Å². The minimum Gasteiger partial charge on any atom is -0.452 e. The quantitative estimate of drug-likeness (QED) is 0.680. The van der Waals surface area contributed by atoms with Crippen LogP contribution in [0.5, 0.6) is 0 Å². The van der Waals surface area contributed by atoms with Crippen LogP contribution in [0.1, 0.15) is 16.3 Å². The number of hydrogen-bond acceptors (Lipinski definition) is 5. The van der Waals surface area contributed by atoms with Gasteiger partial charge in [0.05, 0.1) is 10.7 Å².